The molecule has 1 aromatic rings. The van der Waals surface area contributed by atoms with Crippen LogP contribution in [-0.4, -0.2) is 89.4 Å². The zero-order chi connectivity index (χ0) is 28.4. The smallest absolute Gasteiger partial charge is 0.407 e. The van der Waals surface area contributed by atoms with Gasteiger partial charge in [-0.2, -0.15) is 16.8 Å². The number of nitrogens with zero attached hydrogens (tertiary/aromatic N) is 1. The van der Waals surface area contributed by atoms with Crippen molar-refractivity contribution in [2.75, 3.05) is 38.8 Å². The fourth-order valence-electron chi connectivity index (χ4n) is 3.33. The molecule has 1 aromatic carbocycles. The molecule has 0 aromatic heterocycles. The number of aryl methyl sites for hydroxylation is 1. The molecular formula is C23H38N2O10S2. The monoisotopic (exact) mass is 566 g/mol. The van der Waals surface area contributed by atoms with Crippen LogP contribution in [0.4, 0.5) is 4.79 Å². The molecule has 0 heterocycles. The lowest BCUT2D eigenvalue weighted by atomic mass is 9.97. The van der Waals surface area contributed by atoms with E-state index in [0.29, 0.717) is 6.54 Å². The van der Waals surface area contributed by atoms with Gasteiger partial charge in [-0.3, -0.25) is 18.1 Å². The normalized spacial score (nSPS) is 13.4. The van der Waals surface area contributed by atoms with Gasteiger partial charge in [0.05, 0.1) is 32.1 Å². The molecule has 0 radical (unpaired) electrons. The number of alkyl carbamates (subject to hydrolysis) is 1. The number of hydrogen-bond donors (Lipinski definition) is 2. The van der Waals surface area contributed by atoms with Gasteiger partial charge in [-0.05, 0) is 50.8 Å². The standard InChI is InChI=1S/C23H38N2O10S2/c1-17-7-8-18(16-25(9-11-33-36(5,29)30)10-12-34-37(6,31)32)13-19(17)14-20(15-21(26)27)24-22(28)35-23(2,3)4/h7-8,13,20H,9-12,14-16H2,1-6H3,(H,24,28)(H,26,27)/t20-/m0/s1. The first-order valence-electron chi connectivity index (χ1n) is 11.5. The van der Waals surface area contributed by atoms with Crippen LogP contribution in [0.3, 0.4) is 0 Å². The van der Waals surface area contributed by atoms with Crippen molar-refractivity contribution < 1.29 is 44.6 Å². The largest absolute Gasteiger partial charge is 0.481 e. The summed E-state index contributed by atoms with van der Waals surface area (Å²) in [5.41, 5.74) is 1.77. The van der Waals surface area contributed by atoms with Crippen LogP contribution >= 0.6 is 0 Å². The number of carboxylic acid groups (broad SMARTS) is 1. The Kier molecular flexibility index (Phi) is 12.4. The van der Waals surface area contributed by atoms with Crippen LogP contribution < -0.4 is 5.32 Å². The van der Waals surface area contributed by atoms with Gasteiger partial charge in [-0.15, -0.1) is 0 Å². The summed E-state index contributed by atoms with van der Waals surface area (Å²) in [6.45, 7) is 7.42. The average molecular weight is 567 g/mol. The molecule has 0 spiro atoms. The lowest BCUT2D eigenvalue weighted by Gasteiger charge is -2.24. The number of carbonyl (C=O) groups is 2. The fraction of sp³-hybridized carbons (Fsp3) is 0.652. The molecule has 1 amide bonds. The first-order valence-corrected chi connectivity index (χ1v) is 15.2. The van der Waals surface area contributed by atoms with Gasteiger partial charge in [0, 0.05) is 25.7 Å². The predicted molar refractivity (Wildman–Crippen MR) is 137 cm³/mol. The van der Waals surface area contributed by atoms with Crippen LogP contribution in [-0.2, 0) is 51.1 Å². The Labute approximate surface area is 219 Å². The Hall–Kier alpha value is -2.26. The Balaban J connectivity index is 3.03. The number of hydrogen-bond acceptors (Lipinski definition) is 10. The van der Waals surface area contributed by atoms with Crippen LogP contribution in [0.1, 0.15) is 43.9 Å². The molecule has 0 aliphatic heterocycles. The van der Waals surface area contributed by atoms with E-state index in [1.54, 1.807) is 25.7 Å². The second-order valence-electron chi connectivity index (χ2n) is 9.73. The zero-order valence-electron chi connectivity index (χ0n) is 22.1. The summed E-state index contributed by atoms with van der Waals surface area (Å²) < 4.78 is 60.1. The summed E-state index contributed by atoms with van der Waals surface area (Å²) in [6, 6.07) is 4.86. The van der Waals surface area contributed by atoms with Crippen LogP contribution in [0.15, 0.2) is 18.2 Å². The first kappa shape index (κ1) is 32.8. The van der Waals surface area contributed by atoms with E-state index < -0.39 is 43.9 Å². The Morgan fingerprint density at radius 3 is 2.03 bits per heavy atom. The van der Waals surface area contributed by atoms with Gasteiger partial charge in [0.25, 0.3) is 20.2 Å². The molecule has 1 atom stereocenters. The molecular weight excluding hydrogens is 528 g/mol. The minimum Gasteiger partial charge on any atom is -0.481 e. The number of aliphatic carboxylic acids is 1. The van der Waals surface area contributed by atoms with Gasteiger partial charge in [0.2, 0.25) is 0 Å². The van der Waals surface area contributed by atoms with Crippen molar-refractivity contribution in [2.45, 2.75) is 58.7 Å². The maximum atomic E-state index is 12.2. The van der Waals surface area contributed by atoms with Gasteiger partial charge in [-0.1, -0.05) is 18.2 Å². The highest BCUT2D eigenvalue weighted by Gasteiger charge is 2.22. The van der Waals surface area contributed by atoms with Crippen LogP contribution in [0.25, 0.3) is 0 Å². The van der Waals surface area contributed by atoms with Gasteiger partial charge < -0.3 is 15.2 Å². The predicted octanol–water partition coefficient (Wildman–Crippen LogP) is 1.66. The molecule has 14 heteroatoms. The molecule has 12 nitrogen and oxygen atoms in total. The van der Waals surface area contributed by atoms with Crippen molar-refractivity contribution in [3.8, 4) is 0 Å². The van der Waals surface area contributed by atoms with Crippen molar-refractivity contribution in [3.63, 3.8) is 0 Å². The van der Waals surface area contributed by atoms with E-state index in [0.717, 1.165) is 29.2 Å². The van der Waals surface area contributed by atoms with E-state index in [-0.39, 0.29) is 39.1 Å². The number of nitrogens with one attached hydrogen (secondary N) is 1. The summed E-state index contributed by atoms with van der Waals surface area (Å²) in [6.07, 6.45) is 1.10. The fourth-order valence-corrected chi connectivity index (χ4v) is 4.09. The Bertz CT molecular complexity index is 1090. The van der Waals surface area contributed by atoms with Crippen molar-refractivity contribution in [1.82, 2.24) is 10.2 Å². The molecule has 0 saturated heterocycles. The summed E-state index contributed by atoms with van der Waals surface area (Å²) in [7, 11) is -7.28. The molecule has 37 heavy (non-hydrogen) atoms. The highest BCUT2D eigenvalue weighted by molar-refractivity contribution is 7.86. The highest BCUT2D eigenvalue weighted by Crippen LogP contribution is 2.17. The van der Waals surface area contributed by atoms with Crippen molar-refractivity contribution in [3.05, 3.63) is 34.9 Å². The second kappa shape index (κ2) is 14.0. The summed E-state index contributed by atoms with van der Waals surface area (Å²) >= 11 is 0. The third-order valence-corrected chi connectivity index (χ3v) is 6.03. The molecule has 0 aliphatic rings. The molecule has 0 aliphatic carbocycles. The maximum Gasteiger partial charge on any atom is 0.407 e. The third kappa shape index (κ3) is 16.2. The minimum absolute atomic E-state index is 0.128. The molecule has 0 fully saturated rings. The number of carbonyl (C=O) groups excluding carboxylic acids is 1. The molecule has 212 valence electrons. The van der Waals surface area contributed by atoms with E-state index >= 15 is 0 Å². The lowest BCUT2D eigenvalue weighted by molar-refractivity contribution is -0.137. The molecule has 2 N–H and O–H groups in total. The Morgan fingerprint density at radius 1 is 1.03 bits per heavy atom. The number of benzene rings is 1. The quantitative estimate of drug-likeness (QED) is 0.297. The van der Waals surface area contributed by atoms with E-state index in [9.17, 15) is 31.5 Å². The van der Waals surface area contributed by atoms with Crippen LogP contribution in [0.5, 0.6) is 0 Å². The number of rotatable bonds is 15. The third-order valence-electron chi connectivity index (χ3n) is 4.84. The van der Waals surface area contributed by atoms with E-state index in [4.69, 9.17) is 13.1 Å². The van der Waals surface area contributed by atoms with Crippen molar-refractivity contribution in [1.29, 1.82) is 0 Å². The minimum atomic E-state index is -3.64. The average Bonchev–Trinajstić information content (AvgIpc) is 2.66. The highest BCUT2D eigenvalue weighted by atomic mass is 32.2. The van der Waals surface area contributed by atoms with E-state index in [2.05, 4.69) is 5.32 Å². The summed E-state index contributed by atoms with van der Waals surface area (Å²) in [4.78, 5) is 25.4. The van der Waals surface area contributed by atoms with Crippen molar-refractivity contribution >= 4 is 32.3 Å². The summed E-state index contributed by atoms with van der Waals surface area (Å²) in [5.74, 6) is -1.07. The van der Waals surface area contributed by atoms with Gasteiger partial charge in [-0.25, -0.2) is 4.79 Å². The zero-order valence-corrected chi connectivity index (χ0v) is 23.8. The van der Waals surface area contributed by atoms with E-state index in [1.165, 1.54) is 0 Å². The number of ether oxygens (including phenoxy) is 1. The van der Waals surface area contributed by atoms with Crippen LogP contribution in [0, 0.1) is 6.92 Å². The first-order chi connectivity index (χ1) is 16.8. The molecule has 1 rings (SSSR count). The lowest BCUT2D eigenvalue weighted by Crippen LogP contribution is -2.41. The SMILES string of the molecule is Cc1ccc(CN(CCOS(C)(=O)=O)CCOS(C)(=O)=O)cc1C[C@@H](CC(=O)O)NC(=O)OC(C)(C)C. The van der Waals surface area contributed by atoms with Gasteiger partial charge >= 0.3 is 12.1 Å². The van der Waals surface area contributed by atoms with Gasteiger partial charge in [0.15, 0.2) is 0 Å². The number of amides is 1. The topological polar surface area (TPSA) is 166 Å². The second-order valence-corrected chi connectivity index (χ2v) is 13.0. The molecule has 0 bridgehead atoms. The van der Waals surface area contributed by atoms with E-state index in [1.807, 2.05) is 25.1 Å². The van der Waals surface area contributed by atoms with Gasteiger partial charge in [0.1, 0.15) is 5.60 Å². The van der Waals surface area contributed by atoms with Crippen molar-refractivity contribution in [2.24, 2.45) is 0 Å². The summed E-state index contributed by atoms with van der Waals surface area (Å²) in [5, 5.41) is 11.9. The Morgan fingerprint density at radius 2 is 1.57 bits per heavy atom. The molecule has 0 saturated carbocycles. The maximum absolute atomic E-state index is 12.2. The van der Waals surface area contributed by atoms with Crippen LogP contribution in [0.2, 0.25) is 0 Å². The molecule has 0 unspecified atom stereocenters. The number of carboxylic acids is 1.